The average Bonchev–Trinajstić information content (AvgIpc) is 2.99. The van der Waals surface area contributed by atoms with Crippen molar-refractivity contribution >= 4 is 17.2 Å². The Morgan fingerprint density at radius 1 is 1.13 bits per heavy atom. The van der Waals surface area contributed by atoms with E-state index >= 15 is 0 Å². The van der Waals surface area contributed by atoms with Crippen LogP contribution < -0.4 is 5.32 Å². The Balaban J connectivity index is 2.05. The summed E-state index contributed by atoms with van der Waals surface area (Å²) in [5, 5.41) is 2.81. The van der Waals surface area contributed by atoms with Crippen LogP contribution in [0.3, 0.4) is 0 Å². The van der Waals surface area contributed by atoms with Crippen LogP contribution in [0.25, 0.3) is 21.6 Å². The lowest BCUT2D eigenvalue weighted by atomic mass is 10.0. The van der Waals surface area contributed by atoms with Crippen molar-refractivity contribution in [3.8, 4) is 21.6 Å². The third-order valence-electron chi connectivity index (χ3n) is 3.39. The van der Waals surface area contributed by atoms with Crippen LogP contribution in [0.4, 0.5) is 4.39 Å². The van der Waals surface area contributed by atoms with Crippen molar-refractivity contribution in [2.45, 2.75) is 13.5 Å². The molecule has 116 valence electrons. The first kappa shape index (κ1) is 15.4. The topological polar surface area (TPSA) is 42.0 Å². The first-order chi connectivity index (χ1) is 11.1. The smallest absolute Gasteiger partial charge is 0.217 e. The van der Waals surface area contributed by atoms with Crippen LogP contribution >= 0.6 is 11.3 Å². The van der Waals surface area contributed by atoms with Crippen LogP contribution in [0.15, 0.2) is 54.9 Å². The molecule has 23 heavy (non-hydrogen) atoms. The van der Waals surface area contributed by atoms with Crippen LogP contribution in [0.2, 0.25) is 0 Å². The standard InChI is InChI=1S/C18H15FN2OS/c1-12(22)21-11-16-10-17(13-6-8-20-9-7-13)18(23-16)14-2-4-15(19)5-3-14/h2-10H,11H2,1H3,(H,21,22). The van der Waals surface area contributed by atoms with Crippen LogP contribution in [-0.2, 0) is 11.3 Å². The van der Waals surface area contributed by atoms with Gasteiger partial charge >= 0.3 is 0 Å². The van der Waals surface area contributed by atoms with Crippen molar-refractivity contribution in [3.63, 3.8) is 0 Å². The van der Waals surface area contributed by atoms with Gasteiger partial charge in [-0.1, -0.05) is 12.1 Å². The number of thiophene rings is 1. The second-order valence-electron chi connectivity index (χ2n) is 5.11. The van der Waals surface area contributed by atoms with E-state index < -0.39 is 0 Å². The van der Waals surface area contributed by atoms with Gasteiger partial charge in [0, 0.05) is 34.6 Å². The van der Waals surface area contributed by atoms with Crippen molar-refractivity contribution in [1.82, 2.24) is 10.3 Å². The molecule has 0 unspecified atom stereocenters. The van der Waals surface area contributed by atoms with Gasteiger partial charge in [-0.05, 0) is 41.5 Å². The van der Waals surface area contributed by atoms with Crippen molar-refractivity contribution in [2.75, 3.05) is 0 Å². The lowest BCUT2D eigenvalue weighted by Gasteiger charge is -2.04. The number of aromatic nitrogens is 1. The van der Waals surface area contributed by atoms with Crippen LogP contribution in [-0.4, -0.2) is 10.9 Å². The molecule has 0 fully saturated rings. The molecule has 5 heteroatoms. The van der Waals surface area contributed by atoms with E-state index in [4.69, 9.17) is 0 Å². The molecule has 1 N–H and O–H groups in total. The molecule has 1 aromatic carbocycles. The second-order valence-corrected chi connectivity index (χ2v) is 6.24. The molecule has 0 atom stereocenters. The number of pyridine rings is 1. The molecule has 3 nitrogen and oxygen atoms in total. The summed E-state index contributed by atoms with van der Waals surface area (Å²) in [6, 6.07) is 12.4. The Kier molecular flexibility index (Phi) is 4.48. The summed E-state index contributed by atoms with van der Waals surface area (Å²) in [6.07, 6.45) is 3.49. The van der Waals surface area contributed by atoms with Gasteiger partial charge in [-0.3, -0.25) is 9.78 Å². The number of benzene rings is 1. The highest BCUT2D eigenvalue weighted by Crippen LogP contribution is 2.39. The lowest BCUT2D eigenvalue weighted by molar-refractivity contribution is -0.119. The van der Waals surface area contributed by atoms with E-state index in [1.165, 1.54) is 19.1 Å². The second kappa shape index (κ2) is 6.71. The summed E-state index contributed by atoms with van der Waals surface area (Å²) in [5.41, 5.74) is 3.06. The molecular weight excluding hydrogens is 311 g/mol. The zero-order chi connectivity index (χ0) is 16.2. The summed E-state index contributed by atoms with van der Waals surface area (Å²) < 4.78 is 13.2. The fourth-order valence-corrected chi connectivity index (χ4v) is 3.43. The molecule has 3 aromatic rings. The van der Waals surface area contributed by atoms with Gasteiger partial charge in [-0.25, -0.2) is 4.39 Å². The van der Waals surface area contributed by atoms with E-state index in [-0.39, 0.29) is 11.7 Å². The maximum Gasteiger partial charge on any atom is 0.217 e. The minimum atomic E-state index is -0.255. The summed E-state index contributed by atoms with van der Waals surface area (Å²) in [4.78, 5) is 17.3. The number of hydrogen-bond donors (Lipinski definition) is 1. The van der Waals surface area contributed by atoms with E-state index in [1.807, 2.05) is 12.1 Å². The van der Waals surface area contributed by atoms with Gasteiger partial charge in [-0.15, -0.1) is 11.3 Å². The van der Waals surface area contributed by atoms with Gasteiger partial charge in [0.1, 0.15) is 5.82 Å². The highest BCUT2D eigenvalue weighted by atomic mass is 32.1. The zero-order valence-electron chi connectivity index (χ0n) is 12.5. The molecule has 0 bridgehead atoms. The number of hydrogen-bond acceptors (Lipinski definition) is 3. The molecule has 2 aromatic heterocycles. The molecule has 0 saturated carbocycles. The molecule has 3 rings (SSSR count). The fraction of sp³-hybridized carbons (Fsp3) is 0.111. The summed E-state index contributed by atoms with van der Waals surface area (Å²) in [7, 11) is 0. The highest BCUT2D eigenvalue weighted by molar-refractivity contribution is 7.16. The number of nitrogens with zero attached hydrogens (tertiary/aromatic N) is 1. The molecule has 0 aliphatic heterocycles. The quantitative estimate of drug-likeness (QED) is 0.778. The largest absolute Gasteiger partial charge is 0.351 e. The van der Waals surface area contributed by atoms with Crippen molar-refractivity contribution in [3.05, 3.63) is 65.6 Å². The van der Waals surface area contributed by atoms with E-state index in [0.29, 0.717) is 6.54 Å². The molecule has 0 radical (unpaired) electrons. The monoisotopic (exact) mass is 326 g/mol. The molecule has 0 aliphatic rings. The minimum absolute atomic E-state index is 0.0628. The summed E-state index contributed by atoms with van der Waals surface area (Å²) >= 11 is 1.60. The van der Waals surface area contributed by atoms with E-state index in [9.17, 15) is 9.18 Å². The summed E-state index contributed by atoms with van der Waals surface area (Å²) in [6.45, 7) is 1.98. The zero-order valence-corrected chi connectivity index (χ0v) is 13.4. The molecule has 0 spiro atoms. The predicted molar refractivity (Wildman–Crippen MR) is 90.5 cm³/mol. The SMILES string of the molecule is CC(=O)NCc1cc(-c2ccncc2)c(-c2ccc(F)cc2)s1. The Morgan fingerprint density at radius 3 is 2.48 bits per heavy atom. The van der Waals surface area contributed by atoms with Gasteiger partial charge in [0.15, 0.2) is 0 Å². The first-order valence-electron chi connectivity index (χ1n) is 7.17. The van der Waals surface area contributed by atoms with Gasteiger partial charge in [-0.2, -0.15) is 0 Å². The molecule has 0 aliphatic carbocycles. The maximum absolute atomic E-state index is 13.2. The maximum atomic E-state index is 13.2. The third kappa shape index (κ3) is 3.63. The average molecular weight is 326 g/mol. The Hall–Kier alpha value is -2.53. The van der Waals surface area contributed by atoms with E-state index in [1.54, 1.807) is 35.9 Å². The lowest BCUT2D eigenvalue weighted by Crippen LogP contribution is -2.18. The van der Waals surface area contributed by atoms with Crippen molar-refractivity contribution < 1.29 is 9.18 Å². The fourth-order valence-electron chi connectivity index (χ4n) is 2.30. The summed E-state index contributed by atoms with van der Waals surface area (Å²) in [5.74, 6) is -0.318. The number of amides is 1. The molecular formula is C18H15FN2OS. The van der Waals surface area contributed by atoms with Gasteiger partial charge in [0.05, 0.1) is 6.54 Å². The number of rotatable bonds is 4. The third-order valence-corrected chi connectivity index (χ3v) is 4.58. The number of nitrogens with one attached hydrogen (secondary N) is 1. The number of carbonyl (C=O) groups excluding carboxylic acids is 1. The highest BCUT2D eigenvalue weighted by Gasteiger charge is 2.13. The Bertz CT molecular complexity index is 813. The number of halogens is 1. The minimum Gasteiger partial charge on any atom is -0.351 e. The number of carbonyl (C=O) groups is 1. The van der Waals surface area contributed by atoms with Crippen molar-refractivity contribution in [2.24, 2.45) is 0 Å². The predicted octanol–water partition coefficient (Wildman–Crippen LogP) is 4.25. The van der Waals surface area contributed by atoms with Crippen LogP contribution in [0.1, 0.15) is 11.8 Å². The van der Waals surface area contributed by atoms with Crippen LogP contribution in [0.5, 0.6) is 0 Å². The molecule has 1 amide bonds. The Labute approximate surface area is 137 Å². The van der Waals surface area contributed by atoms with E-state index in [2.05, 4.69) is 16.4 Å². The molecule has 2 heterocycles. The first-order valence-corrected chi connectivity index (χ1v) is 7.98. The van der Waals surface area contributed by atoms with Gasteiger partial charge in [0.2, 0.25) is 5.91 Å². The van der Waals surface area contributed by atoms with Gasteiger partial charge < -0.3 is 5.32 Å². The van der Waals surface area contributed by atoms with E-state index in [0.717, 1.165) is 26.4 Å². The Morgan fingerprint density at radius 2 is 1.83 bits per heavy atom. The molecule has 0 saturated heterocycles. The van der Waals surface area contributed by atoms with Crippen molar-refractivity contribution in [1.29, 1.82) is 0 Å². The normalized spacial score (nSPS) is 10.5. The van der Waals surface area contributed by atoms with Crippen LogP contribution in [0, 0.1) is 5.82 Å². The van der Waals surface area contributed by atoms with Gasteiger partial charge in [0.25, 0.3) is 0 Å².